The van der Waals surface area contributed by atoms with Gasteiger partial charge in [-0.25, -0.2) is 8.42 Å². The molecule has 1 aromatic carbocycles. The van der Waals surface area contributed by atoms with Crippen molar-refractivity contribution in [2.24, 2.45) is 5.73 Å². The van der Waals surface area contributed by atoms with E-state index < -0.39 is 9.84 Å². The van der Waals surface area contributed by atoms with E-state index in [4.69, 9.17) is 5.73 Å². The third-order valence-corrected chi connectivity index (χ3v) is 5.49. The van der Waals surface area contributed by atoms with Crippen molar-refractivity contribution >= 4 is 25.8 Å². The fourth-order valence-corrected chi connectivity index (χ4v) is 4.76. The summed E-state index contributed by atoms with van der Waals surface area (Å²) >= 11 is 3.43. The van der Waals surface area contributed by atoms with E-state index >= 15 is 0 Å². The second-order valence-electron chi connectivity index (χ2n) is 4.85. The molecule has 18 heavy (non-hydrogen) atoms. The quantitative estimate of drug-likeness (QED) is 0.897. The maximum absolute atomic E-state index is 11.5. The Bertz CT molecular complexity index is 533. The Kier molecular flexibility index (Phi) is 4.11. The van der Waals surface area contributed by atoms with Crippen LogP contribution in [0.2, 0.25) is 0 Å². The summed E-state index contributed by atoms with van der Waals surface area (Å²) < 4.78 is 24.1. The molecule has 1 saturated heterocycles. The van der Waals surface area contributed by atoms with Gasteiger partial charge in [0.2, 0.25) is 0 Å². The summed E-state index contributed by atoms with van der Waals surface area (Å²) in [5, 5.41) is 0. The number of halogens is 1. The van der Waals surface area contributed by atoms with Crippen LogP contribution in [0.4, 0.5) is 0 Å². The minimum atomic E-state index is -2.97. The highest BCUT2D eigenvalue weighted by Gasteiger charge is 2.37. The third-order valence-electron chi connectivity index (χ3n) is 3.25. The number of hydrogen-bond donors (Lipinski definition) is 1. The van der Waals surface area contributed by atoms with E-state index in [2.05, 4.69) is 15.9 Å². The Hall–Kier alpha value is -0.430. The zero-order valence-corrected chi connectivity index (χ0v) is 12.6. The highest BCUT2D eigenvalue weighted by molar-refractivity contribution is 9.10. The van der Waals surface area contributed by atoms with Crippen LogP contribution in [0.3, 0.4) is 0 Å². The minimum Gasteiger partial charge on any atom is -0.325 e. The maximum atomic E-state index is 11.5. The van der Waals surface area contributed by atoms with E-state index in [9.17, 15) is 8.42 Å². The van der Waals surface area contributed by atoms with Gasteiger partial charge in [0.05, 0.1) is 11.5 Å². The van der Waals surface area contributed by atoms with Crippen molar-refractivity contribution in [1.29, 1.82) is 0 Å². The first-order valence-corrected chi connectivity index (χ1v) is 8.39. The van der Waals surface area contributed by atoms with E-state index in [1.54, 1.807) is 0 Å². The number of likely N-dealkylation sites (N-methyl/N-ethyl adjacent to an activating group) is 1. The molecule has 0 amide bonds. The molecule has 100 valence electrons. The van der Waals surface area contributed by atoms with Crippen molar-refractivity contribution in [1.82, 2.24) is 4.90 Å². The van der Waals surface area contributed by atoms with Crippen molar-refractivity contribution in [3.63, 3.8) is 0 Å². The Labute approximate surface area is 116 Å². The summed E-state index contributed by atoms with van der Waals surface area (Å²) in [5.41, 5.74) is 7.05. The first-order chi connectivity index (χ1) is 8.37. The van der Waals surface area contributed by atoms with Crippen LogP contribution in [-0.2, 0) is 16.4 Å². The summed E-state index contributed by atoms with van der Waals surface area (Å²) in [6.07, 6.45) is 0. The van der Waals surface area contributed by atoms with Gasteiger partial charge in [-0.3, -0.25) is 4.90 Å². The molecule has 0 spiro atoms. The number of rotatable bonds is 3. The first-order valence-electron chi connectivity index (χ1n) is 5.78. The molecule has 2 atom stereocenters. The maximum Gasteiger partial charge on any atom is 0.153 e. The van der Waals surface area contributed by atoms with Crippen LogP contribution >= 0.6 is 15.9 Å². The molecule has 0 saturated carbocycles. The lowest BCUT2D eigenvalue weighted by molar-refractivity contribution is 0.236. The van der Waals surface area contributed by atoms with Crippen LogP contribution < -0.4 is 5.73 Å². The lowest BCUT2D eigenvalue weighted by atomic mass is 10.1. The molecule has 1 aliphatic heterocycles. The van der Waals surface area contributed by atoms with Crippen molar-refractivity contribution < 1.29 is 8.42 Å². The van der Waals surface area contributed by atoms with Crippen molar-refractivity contribution in [3.05, 3.63) is 34.3 Å². The molecule has 1 fully saturated rings. The van der Waals surface area contributed by atoms with Crippen molar-refractivity contribution in [3.8, 4) is 0 Å². The molecule has 1 aliphatic rings. The Balaban J connectivity index is 2.07. The fraction of sp³-hybridized carbons (Fsp3) is 0.500. The standard InChI is InChI=1S/C12H17BrN2O2S/c1-15(6-9-3-2-4-10(13)5-9)12-8-18(16,17)7-11(12)14/h2-5,11-12H,6-8,14H2,1H3. The number of sulfone groups is 1. The van der Waals surface area contributed by atoms with E-state index in [1.165, 1.54) is 0 Å². The molecule has 0 bridgehead atoms. The highest BCUT2D eigenvalue weighted by atomic mass is 79.9. The minimum absolute atomic E-state index is 0.0889. The summed E-state index contributed by atoms with van der Waals surface area (Å²) in [7, 11) is -1.04. The van der Waals surface area contributed by atoms with E-state index in [1.807, 2.05) is 36.2 Å². The fourth-order valence-electron chi connectivity index (χ4n) is 2.35. The van der Waals surface area contributed by atoms with E-state index in [-0.39, 0.29) is 23.6 Å². The number of nitrogens with zero attached hydrogens (tertiary/aromatic N) is 1. The van der Waals surface area contributed by atoms with Gasteiger partial charge in [-0.15, -0.1) is 0 Å². The van der Waals surface area contributed by atoms with Crippen LogP contribution in [0.25, 0.3) is 0 Å². The first kappa shape index (κ1) is 14.0. The highest BCUT2D eigenvalue weighted by Crippen LogP contribution is 2.19. The normalized spacial score (nSPS) is 26.7. The summed E-state index contributed by atoms with van der Waals surface area (Å²) in [6.45, 7) is 0.702. The monoisotopic (exact) mass is 332 g/mol. The van der Waals surface area contributed by atoms with Gasteiger partial charge in [-0.1, -0.05) is 28.1 Å². The SMILES string of the molecule is CN(Cc1cccc(Br)c1)C1CS(=O)(=O)CC1N. The van der Waals surface area contributed by atoms with E-state index in [0.29, 0.717) is 6.54 Å². The largest absolute Gasteiger partial charge is 0.325 e. The van der Waals surface area contributed by atoms with Gasteiger partial charge in [0.15, 0.2) is 9.84 Å². The second kappa shape index (κ2) is 5.28. The lowest BCUT2D eigenvalue weighted by Gasteiger charge is -2.26. The van der Waals surface area contributed by atoms with Gasteiger partial charge in [0, 0.05) is 23.1 Å². The molecule has 4 nitrogen and oxygen atoms in total. The molecule has 2 N–H and O–H groups in total. The molecule has 6 heteroatoms. The smallest absolute Gasteiger partial charge is 0.153 e. The molecule has 2 rings (SSSR count). The van der Waals surface area contributed by atoms with E-state index in [0.717, 1.165) is 10.0 Å². The molecular weight excluding hydrogens is 316 g/mol. The summed E-state index contributed by atoms with van der Waals surface area (Å²) in [4.78, 5) is 2.02. The zero-order valence-electron chi connectivity index (χ0n) is 10.2. The molecule has 0 radical (unpaired) electrons. The van der Waals surface area contributed by atoms with Gasteiger partial charge < -0.3 is 5.73 Å². The second-order valence-corrected chi connectivity index (χ2v) is 7.92. The predicted molar refractivity (Wildman–Crippen MR) is 76.0 cm³/mol. The van der Waals surface area contributed by atoms with Crippen LogP contribution in [-0.4, -0.2) is 44.0 Å². The van der Waals surface area contributed by atoms with Crippen molar-refractivity contribution in [2.75, 3.05) is 18.6 Å². The third kappa shape index (κ3) is 3.32. The number of benzene rings is 1. The summed E-state index contributed by atoms with van der Waals surface area (Å²) in [5.74, 6) is 0.263. The average molecular weight is 333 g/mol. The molecule has 0 aliphatic carbocycles. The summed E-state index contributed by atoms with van der Waals surface area (Å²) in [6, 6.07) is 7.62. The molecule has 1 heterocycles. The molecule has 1 aromatic rings. The molecule has 2 unspecified atom stereocenters. The molecule has 0 aromatic heterocycles. The van der Waals surface area contributed by atoms with Gasteiger partial charge in [-0.2, -0.15) is 0 Å². The van der Waals surface area contributed by atoms with Crippen LogP contribution in [0.1, 0.15) is 5.56 Å². The van der Waals surface area contributed by atoms with Gasteiger partial charge >= 0.3 is 0 Å². The van der Waals surface area contributed by atoms with Gasteiger partial charge in [-0.05, 0) is 24.7 Å². The predicted octanol–water partition coefficient (Wildman–Crippen LogP) is 1.01. The van der Waals surface area contributed by atoms with Gasteiger partial charge in [0.1, 0.15) is 0 Å². The zero-order chi connectivity index (χ0) is 13.3. The Morgan fingerprint density at radius 1 is 1.44 bits per heavy atom. The molecular formula is C12H17BrN2O2S. The van der Waals surface area contributed by atoms with Crippen LogP contribution in [0.15, 0.2) is 28.7 Å². The van der Waals surface area contributed by atoms with Crippen LogP contribution in [0, 0.1) is 0 Å². The Morgan fingerprint density at radius 3 is 2.72 bits per heavy atom. The lowest BCUT2D eigenvalue weighted by Crippen LogP contribution is -2.44. The average Bonchev–Trinajstić information content (AvgIpc) is 2.52. The Morgan fingerprint density at radius 2 is 2.17 bits per heavy atom. The number of hydrogen-bond acceptors (Lipinski definition) is 4. The topological polar surface area (TPSA) is 63.4 Å². The van der Waals surface area contributed by atoms with Crippen LogP contribution in [0.5, 0.6) is 0 Å². The van der Waals surface area contributed by atoms with Crippen molar-refractivity contribution in [2.45, 2.75) is 18.6 Å². The van der Waals surface area contributed by atoms with Gasteiger partial charge in [0.25, 0.3) is 0 Å². The number of nitrogens with two attached hydrogens (primary N) is 1.